The Bertz CT molecular complexity index is 482. The molecule has 0 spiro atoms. The number of nitrogens with two attached hydrogens (primary N) is 1. The molecular weight excluding hydrogens is 184 g/mol. The van der Waals surface area contributed by atoms with Crippen molar-refractivity contribution in [2.75, 3.05) is 5.73 Å². The fourth-order valence-electron chi connectivity index (χ4n) is 1.97. The molecular formula is C13H16N2. The van der Waals surface area contributed by atoms with Crippen LogP contribution in [0.25, 0.3) is 10.9 Å². The monoisotopic (exact) mass is 200 g/mol. The molecule has 0 amide bonds. The number of hydrogen-bond acceptors (Lipinski definition) is 1. The van der Waals surface area contributed by atoms with Crippen molar-refractivity contribution < 1.29 is 0 Å². The van der Waals surface area contributed by atoms with Crippen molar-refractivity contribution >= 4 is 16.6 Å². The third-order valence-electron chi connectivity index (χ3n) is 2.75. The van der Waals surface area contributed by atoms with Crippen LogP contribution in [-0.2, 0) is 0 Å². The molecule has 0 saturated carbocycles. The molecule has 2 heteroatoms. The van der Waals surface area contributed by atoms with Crippen LogP contribution in [-0.4, -0.2) is 4.57 Å². The van der Waals surface area contributed by atoms with Crippen molar-refractivity contribution in [3.63, 3.8) is 0 Å². The first-order valence-electron chi connectivity index (χ1n) is 5.20. The molecule has 1 aromatic heterocycles. The van der Waals surface area contributed by atoms with Gasteiger partial charge in [-0.15, -0.1) is 6.58 Å². The Labute approximate surface area is 90.0 Å². The quantitative estimate of drug-likeness (QED) is 0.597. The van der Waals surface area contributed by atoms with E-state index >= 15 is 0 Å². The third kappa shape index (κ3) is 1.63. The largest absolute Gasteiger partial charge is 0.397 e. The topological polar surface area (TPSA) is 30.9 Å². The molecule has 1 atom stereocenters. The van der Waals surface area contributed by atoms with Gasteiger partial charge in [0.1, 0.15) is 0 Å². The molecule has 0 bridgehead atoms. The number of benzene rings is 1. The SMILES string of the molecule is C=CCC(C)n1ccc2cccc(N)c21. The molecule has 78 valence electrons. The third-order valence-corrected chi connectivity index (χ3v) is 2.75. The molecule has 0 radical (unpaired) electrons. The van der Waals surface area contributed by atoms with E-state index in [4.69, 9.17) is 5.73 Å². The normalized spacial score (nSPS) is 12.9. The van der Waals surface area contributed by atoms with E-state index < -0.39 is 0 Å². The van der Waals surface area contributed by atoms with Crippen molar-refractivity contribution in [1.82, 2.24) is 4.57 Å². The van der Waals surface area contributed by atoms with Gasteiger partial charge < -0.3 is 10.3 Å². The Hall–Kier alpha value is -1.70. The minimum atomic E-state index is 0.407. The highest BCUT2D eigenvalue weighted by Crippen LogP contribution is 2.26. The first kappa shape index (κ1) is 9.84. The molecule has 1 heterocycles. The standard InChI is InChI=1S/C13H16N2/c1-3-5-10(2)15-9-8-11-6-4-7-12(14)13(11)15/h3-4,6-10H,1,5,14H2,2H3. The summed E-state index contributed by atoms with van der Waals surface area (Å²) in [7, 11) is 0. The van der Waals surface area contributed by atoms with Crippen LogP contribution in [0.15, 0.2) is 43.1 Å². The lowest BCUT2D eigenvalue weighted by atomic mass is 10.2. The summed E-state index contributed by atoms with van der Waals surface area (Å²) in [6, 6.07) is 8.53. The molecule has 0 aliphatic heterocycles. The zero-order chi connectivity index (χ0) is 10.8. The average Bonchev–Trinajstić information content (AvgIpc) is 2.63. The van der Waals surface area contributed by atoms with E-state index in [2.05, 4.69) is 36.4 Å². The second-order valence-corrected chi connectivity index (χ2v) is 3.88. The summed E-state index contributed by atoms with van der Waals surface area (Å²) in [4.78, 5) is 0. The van der Waals surface area contributed by atoms with E-state index in [9.17, 15) is 0 Å². The fraction of sp³-hybridized carbons (Fsp3) is 0.231. The number of nitrogens with zero attached hydrogens (tertiary/aromatic N) is 1. The number of nitrogen functional groups attached to an aromatic ring is 1. The second-order valence-electron chi connectivity index (χ2n) is 3.88. The molecule has 0 fully saturated rings. The number of aromatic nitrogens is 1. The van der Waals surface area contributed by atoms with Crippen molar-refractivity contribution in [1.29, 1.82) is 0 Å². The van der Waals surface area contributed by atoms with E-state index in [1.807, 2.05) is 18.2 Å². The minimum absolute atomic E-state index is 0.407. The molecule has 2 N–H and O–H groups in total. The molecule has 2 rings (SSSR count). The number of hydrogen-bond donors (Lipinski definition) is 1. The van der Waals surface area contributed by atoms with Gasteiger partial charge >= 0.3 is 0 Å². The lowest BCUT2D eigenvalue weighted by Gasteiger charge is -2.14. The highest BCUT2D eigenvalue weighted by molar-refractivity contribution is 5.90. The number of fused-ring (bicyclic) bond motifs is 1. The lowest BCUT2D eigenvalue weighted by Crippen LogP contribution is -2.03. The number of rotatable bonds is 3. The highest BCUT2D eigenvalue weighted by Gasteiger charge is 2.08. The van der Waals surface area contributed by atoms with Crippen LogP contribution < -0.4 is 5.73 Å². The molecule has 15 heavy (non-hydrogen) atoms. The van der Waals surface area contributed by atoms with Gasteiger partial charge in [0.25, 0.3) is 0 Å². The van der Waals surface area contributed by atoms with Gasteiger partial charge in [-0.3, -0.25) is 0 Å². The molecule has 0 aliphatic carbocycles. The number of anilines is 1. The zero-order valence-corrected chi connectivity index (χ0v) is 8.98. The average molecular weight is 200 g/mol. The molecule has 2 nitrogen and oxygen atoms in total. The molecule has 1 aromatic carbocycles. The van der Waals surface area contributed by atoms with Crippen molar-refractivity contribution in [2.24, 2.45) is 0 Å². The predicted octanol–water partition coefficient (Wildman–Crippen LogP) is 3.36. The first-order chi connectivity index (χ1) is 7.24. The summed E-state index contributed by atoms with van der Waals surface area (Å²) in [6.07, 6.45) is 4.99. The van der Waals surface area contributed by atoms with E-state index in [0.717, 1.165) is 17.6 Å². The van der Waals surface area contributed by atoms with E-state index in [1.54, 1.807) is 0 Å². The van der Waals surface area contributed by atoms with E-state index in [0.29, 0.717) is 6.04 Å². The van der Waals surface area contributed by atoms with Gasteiger partial charge in [0, 0.05) is 17.6 Å². The Balaban J connectivity index is 2.56. The Morgan fingerprint density at radius 1 is 1.47 bits per heavy atom. The fourth-order valence-corrected chi connectivity index (χ4v) is 1.97. The van der Waals surface area contributed by atoms with Crippen LogP contribution in [0.5, 0.6) is 0 Å². The Morgan fingerprint density at radius 3 is 3.00 bits per heavy atom. The summed E-state index contributed by atoms with van der Waals surface area (Å²) in [5.74, 6) is 0. The van der Waals surface area contributed by atoms with Crippen molar-refractivity contribution in [2.45, 2.75) is 19.4 Å². The van der Waals surface area contributed by atoms with Gasteiger partial charge in [-0.25, -0.2) is 0 Å². The van der Waals surface area contributed by atoms with Crippen LogP contribution in [0.1, 0.15) is 19.4 Å². The molecule has 0 aliphatic rings. The van der Waals surface area contributed by atoms with Crippen LogP contribution in [0.4, 0.5) is 5.69 Å². The zero-order valence-electron chi connectivity index (χ0n) is 8.98. The van der Waals surface area contributed by atoms with Crippen LogP contribution in [0.2, 0.25) is 0 Å². The summed E-state index contributed by atoms with van der Waals surface area (Å²) in [5, 5.41) is 1.20. The van der Waals surface area contributed by atoms with Gasteiger partial charge in [0.05, 0.1) is 11.2 Å². The summed E-state index contributed by atoms with van der Waals surface area (Å²) < 4.78 is 2.21. The number of allylic oxidation sites excluding steroid dienone is 1. The first-order valence-corrected chi connectivity index (χ1v) is 5.20. The maximum Gasteiger partial charge on any atom is 0.0716 e. The van der Waals surface area contributed by atoms with Gasteiger partial charge in [-0.05, 0) is 25.5 Å². The van der Waals surface area contributed by atoms with Gasteiger partial charge in [-0.2, -0.15) is 0 Å². The predicted molar refractivity (Wildman–Crippen MR) is 65.9 cm³/mol. The summed E-state index contributed by atoms with van der Waals surface area (Å²) in [5.41, 5.74) is 7.96. The smallest absolute Gasteiger partial charge is 0.0716 e. The lowest BCUT2D eigenvalue weighted by molar-refractivity contribution is 0.575. The van der Waals surface area contributed by atoms with Gasteiger partial charge in [0.2, 0.25) is 0 Å². The van der Waals surface area contributed by atoms with Crippen molar-refractivity contribution in [3.05, 3.63) is 43.1 Å². The maximum absolute atomic E-state index is 5.99. The maximum atomic E-state index is 5.99. The van der Waals surface area contributed by atoms with Gasteiger partial charge in [-0.1, -0.05) is 18.2 Å². The minimum Gasteiger partial charge on any atom is -0.397 e. The van der Waals surface area contributed by atoms with Crippen LogP contribution in [0, 0.1) is 0 Å². The second kappa shape index (κ2) is 3.81. The molecule has 1 unspecified atom stereocenters. The van der Waals surface area contributed by atoms with Crippen molar-refractivity contribution in [3.8, 4) is 0 Å². The molecule has 2 aromatic rings. The summed E-state index contributed by atoms with van der Waals surface area (Å²) >= 11 is 0. The van der Waals surface area contributed by atoms with E-state index in [-0.39, 0.29) is 0 Å². The van der Waals surface area contributed by atoms with E-state index in [1.165, 1.54) is 5.39 Å². The number of para-hydroxylation sites is 1. The Kier molecular flexibility index (Phi) is 2.50. The van der Waals surface area contributed by atoms with Crippen LogP contribution in [0.3, 0.4) is 0 Å². The van der Waals surface area contributed by atoms with Gasteiger partial charge in [0.15, 0.2) is 0 Å². The Morgan fingerprint density at radius 2 is 2.27 bits per heavy atom. The van der Waals surface area contributed by atoms with Crippen LogP contribution >= 0.6 is 0 Å². The summed E-state index contributed by atoms with van der Waals surface area (Å²) in [6.45, 7) is 5.94. The highest BCUT2D eigenvalue weighted by atomic mass is 15.0. The molecule has 0 saturated heterocycles.